The van der Waals surface area contributed by atoms with Gasteiger partial charge in [0, 0.05) is 18.7 Å². The molecule has 1 unspecified atom stereocenters. The van der Waals surface area contributed by atoms with Crippen LogP contribution in [0.1, 0.15) is 37.7 Å². The Morgan fingerprint density at radius 2 is 2.31 bits per heavy atom. The van der Waals surface area contributed by atoms with Gasteiger partial charge in [-0.1, -0.05) is 13.8 Å². The van der Waals surface area contributed by atoms with Crippen LogP contribution in [0.25, 0.3) is 0 Å². The highest BCUT2D eigenvalue weighted by molar-refractivity contribution is 5.95. The summed E-state index contributed by atoms with van der Waals surface area (Å²) in [6, 6.07) is 1.79. The lowest BCUT2D eigenvalue weighted by Crippen LogP contribution is -2.15. The summed E-state index contributed by atoms with van der Waals surface area (Å²) in [7, 11) is 0. The van der Waals surface area contributed by atoms with Crippen LogP contribution in [-0.2, 0) is 6.54 Å². The van der Waals surface area contributed by atoms with Crippen molar-refractivity contribution >= 4 is 5.78 Å². The first-order valence-corrected chi connectivity index (χ1v) is 4.76. The molecule has 0 spiro atoms. The number of rotatable bonds is 4. The number of hydrogen-bond donors (Lipinski definition) is 0. The molecule has 0 aliphatic rings. The van der Waals surface area contributed by atoms with Crippen LogP contribution < -0.4 is 0 Å². The minimum Gasteiger partial charge on any atom is -0.292 e. The van der Waals surface area contributed by atoms with Crippen molar-refractivity contribution in [2.24, 2.45) is 5.92 Å². The molecule has 1 aromatic heterocycles. The van der Waals surface area contributed by atoms with E-state index in [1.54, 1.807) is 16.9 Å². The maximum Gasteiger partial charge on any atom is 0.183 e. The molecule has 0 amide bonds. The third-order valence-electron chi connectivity index (χ3n) is 2.33. The Morgan fingerprint density at radius 1 is 1.62 bits per heavy atom. The van der Waals surface area contributed by atoms with Gasteiger partial charge in [0.05, 0.1) is 0 Å². The van der Waals surface area contributed by atoms with Gasteiger partial charge in [0.25, 0.3) is 0 Å². The summed E-state index contributed by atoms with van der Waals surface area (Å²) < 4.78 is 1.74. The van der Waals surface area contributed by atoms with Crippen LogP contribution in [0.15, 0.2) is 12.3 Å². The predicted molar refractivity (Wildman–Crippen MR) is 51.7 cm³/mol. The molecule has 1 rings (SSSR count). The highest BCUT2D eigenvalue weighted by Gasteiger charge is 2.16. The average molecular weight is 180 g/mol. The third-order valence-corrected chi connectivity index (χ3v) is 2.33. The van der Waals surface area contributed by atoms with Gasteiger partial charge in [-0.3, -0.25) is 9.48 Å². The van der Waals surface area contributed by atoms with Crippen LogP contribution in [0.5, 0.6) is 0 Å². The molecule has 0 aliphatic carbocycles. The molecule has 0 fully saturated rings. The fourth-order valence-electron chi connectivity index (χ4n) is 1.23. The number of nitrogens with zero attached hydrogens (tertiary/aromatic N) is 2. The Morgan fingerprint density at radius 3 is 2.85 bits per heavy atom. The fourth-order valence-corrected chi connectivity index (χ4v) is 1.23. The molecule has 0 radical (unpaired) electrons. The number of aromatic nitrogens is 2. The Bertz CT molecular complexity index is 291. The van der Waals surface area contributed by atoms with E-state index in [9.17, 15) is 4.79 Å². The van der Waals surface area contributed by atoms with Crippen molar-refractivity contribution in [2.75, 3.05) is 0 Å². The van der Waals surface area contributed by atoms with E-state index in [4.69, 9.17) is 0 Å². The highest BCUT2D eigenvalue weighted by atomic mass is 16.1. The Hall–Kier alpha value is -1.12. The van der Waals surface area contributed by atoms with E-state index in [0.717, 1.165) is 18.7 Å². The number of carbonyl (C=O) groups excluding carboxylic acids is 1. The van der Waals surface area contributed by atoms with Gasteiger partial charge in [0.15, 0.2) is 5.78 Å². The number of aryl methyl sites for hydroxylation is 1. The molecule has 0 saturated heterocycles. The van der Waals surface area contributed by atoms with E-state index in [2.05, 4.69) is 5.10 Å². The smallest absolute Gasteiger partial charge is 0.183 e. The SMILES string of the molecule is CCC(C)C(=O)c1ccnn1CC. The average Bonchev–Trinajstić information content (AvgIpc) is 2.62. The maximum atomic E-state index is 11.8. The first-order chi connectivity index (χ1) is 6.20. The molecule has 3 heteroatoms. The first kappa shape index (κ1) is 9.96. The maximum absolute atomic E-state index is 11.8. The molecule has 3 nitrogen and oxygen atoms in total. The quantitative estimate of drug-likeness (QED) is 0.665. The summed E-state index contributed by atoms with van der Waals surface area (Å²) in [4.78, 5) is 11.8. The molecule has 0 aliphatic heterocycles. The summed E-state index contributed by atoms with van der Waals surface area (Å²) in [5.41, 5.74) is 0.733. The summed E-state index contributed by atoms with van der Waals surface area (Å²) in [5.74, 6) is 0.295. The molecule has 1 aromatic rings. The van der Waals surface area contributed by atoms with Crippen LogP contribution in [0.4, 0.5) is 0 Å². The molecule has 1 heterocycles. The van der Waals surface area contributed by atoms with Gasteiger partial charge in [0.1, 0.15) is 5.69 Å². The van der Waals surface area contributed by atoms with Crippen LogP contribution in [0.3, 0.4) is 0 Å². The third kappa shape index (κ3) is 1.97. The zero-order valence-electron chi connectivity index (χ0n) is 8.45. The van der Waals surface area contributed by atoms with Crippen LogP contribution in [-0.4, -0.2) is 15.6 Å². The summed E-state index contributed by atoms with van der Waals surface area (Å²) in [6.45, 7) is 6.72. The second-order valence-corrected chi connectivity index (χ2v) is 3.21. The molecule has 0 N–H and O–H groups in total. The minimum atomic E-state index is 0.0991. The molecule has 72 valence electrons. The van der Waals surface area contributed by atoms with Crippen molar-refractivity contribution in [3.05, 3.63) is 18.0 Å². The van der Waals surface area contributed by atoms with E-state index >= 15 is 0 Å². The lowest BCUT2D eigenvalue weighted by molar-refractivity contribution is 0.0916. The number of ketones is 1. The van der Waals surface area contributed by atoms with Gasteiger partial charge in [-0.05, 0) is 19.4 Å². The van der Waals surface area contributed by atoms with E-state index in [1.807, 2.05) is 20.8 Å². The van der Waals surface area contributed by atoms with Crippen LogP contribution in [0.2, 0.25) is 0 Å². The Labute approximate surface area is 78.8 Å². The Kier molecular flexibility index (Phi) is 3.23. The van der Waals surface area contributed by atoms with Crippen molar-refractivity contribution < 1.29 is 4.79 Å². The van der Waals surface area contributed by atoms with Gasteiger partial charge < -0.3 is 0 Å². The minimum absolute atomic E-state index is 0.0991. The zero-order valence-corrected chi connectivity index (χ0v) is 8.45. The van der Waals surface area contributed by atoms with Gasteiger partial charge in [-0.2, -0.15) is 5.10 Å². The molecule has 0 saturated carbocycles. The van der Waals surface area contributed by atoms with Gasteiger partial charge in [0.2, 0.25) is 0 Å². The normalized spacial score (nSPS) is 12.8. The molecular weight excluding hydrogens is 164 g/mol. The lowest BCUT2D eigenvalue weighted by Gasteiger charge is -2.08. The predicted octanol–water partition coefficient (Wildman–Crippen LogP) is 2.13. The topological polar surface area (TPSA) is 34.9 Å². The molecule has 0 bridgehead atoms. The van der Waals surface area contributed by atoms with Crippen molar-refractivity contribution in [1.29, 1.82) is 0 Å². The summed E-state index contributed by atoms with van der Waals surface area (Å²) in [6.07, 6.45) is 2.56. The molecule has 0 aromatic carbocycles. The Balaban J connectivity index is 2.88. The summed E-state index contributed by atoms with van der Waals surface area (Å²) >= 11 is 0. The number of carbonyl (C=O) groups is 1. The number of Topliss-reactive ketones (excluding diaryl/α,β-unsaturated/α-hetero) is 1. The van der Waals surface area contributed by atoms with Gasteiger partial charge in [-0.25, -0.2) is 0 Å². The molecule has 13 heavy (non-hydrogen) atoms. The van der Waals surface area contributed by atoms with Gasteiger partial charge >= 0.3 is 0 Å². The number of hydrogen-bond acceptors (Lipinski definition) is 2. The second-order valence-electron chi connectivity index (χ2n) is 3.21. The standard InChI is InChI=1S/C10H16N2O/c1-4-8(3)10(13)9-6-7-11-12(9)5-2/h6-8H,4-5H2,1-3H3. The van der Waals surface area contributed by atoms with Crippen LogP contribution in [0, 0.1) is 5.92 Å². The van der Waals surface area contributed by atoms with Crippen molar-refractivity contribution in [1.82, 2.24) is 9.78 Å². The van der Waals surface area contributed by atoms with Crippen molar-refractivity contribution in [2.45, 2.75) is 33.7 Å². The molecular formula is C10H16N2O. The van der Waals surface area contributed by atoms with E-state index in [1.165, 1.54) is 0 Å². The fraction of sp³-hybridized carbons (Fsp3) is 0.600. The van der Waals surface area contributed by atoms with E-state index < -0.39 is 0 Å². The first-order valence-electron chi connectivity index (χ1n) is 4.76. The van der Waals surface area contributed by atoms with E-state index in [0.29, 0.717) is 0 Å². The largest absolute Gasteiger partial charge is 0.292 e. The van der Waals surface area contributed by atoms with E-state index in [-0.39, 0.29) is 11.7 Å². The highest BCUT2D eigenvalue weighted by Crippen LogP contribution is 2.11. The second kappa shape index (κ2) is 4.21. The van der Waals surface area contributed by atoms with Crippen LogP contribution >= 0.6 is 0 Å². The van der Waals surface area contributed by atoms with Crippen molar-refractivity contribution in [3.8, 4) is 0 Å². The molecule has 1 atom stereocenters. The zero-order chi connectivity index (χ0) is 9.84. The van der Waals surface area contributed by atoms with Gasteiger partial charge in [-0.15, -0.1) is 0 Å². The van der Waals surface area contributed by atoms with Crippen molar-refractivity contribution in [3.63, 3.8) is 0 Å². The monoisotopic (exact) mass is 180 g/mol. The summed E-state index contributed by atoms with van der Waals surface area (Å²) in [5, 5.41) is 4.07. The lowest BCUT2D eigenvalue weighted by atomic mass is 10.0.